The first-order valence-corrected chi connectivity index (χ1v) is 13.7. The summed E-state index contributed by atoms with van der Waals surface area (Å²) in [6.45, 7) is 7.50. The van der Waals surface area contributed by atoms with Crippen LogP contribution >= 0.6 is 21.7 Å². The topological polar surface area (TPSA) is 29.5 Å². The van der Waals surface area contributed by atoms with Crippen LogP contribution in [-0.4, -0.2) is 30.0 Å². The molecule has 5 rings (SSSR count). The third-order valence-corrected chi connectivity index (χ3v) is 10.9. The van der Waals surface area contributed by atoms with Crippen LogP contribution < -0.4 is 4.74 Å². The van der Waals surface area contributed by atoms with Gasteiger partial charge >= 0.3 is 0 Å². The Labute approximate surface area is 196 Å². The maximum atomic E-state index is 12.4. The lowest BCUT2D eigenvalue weighted by molar-refractivity contribution is -0.164. The van der Waals surface area contributed by atoms with Crippen molar-refractivity contribution in [3.05, 3.63) is 24.3 Å². The number of amides is 1. The van der Waals surface area contributed by atoms with Crippen molar-refractivity contribution in [2.45, 2.75) is 82.8 Å². The summed E-state index contributed by atoms with van der Waals surface area (Å²) >= 11 is 0. The van der Waals surface area contributed by atoms with Gasteiger partial charge in [0, 0.05) is 24.4 Å². The lowest BCUT2D eigenvalue weighted by Gasteiger charge is -2.63. The molecule has 31 heavy (non-hydrogen) atoms. The van der Waals surface area contributed by atoms with Crippen LogP contribution in [0.2, 0.25) is 0 Å². The van der Waals surface area contributed by atoms with E-state index in [4.69, 9.17) is 15.4 Å². The predicted molar refractivity (Wildman–Crippen MR) is 127 cm³/mol. The molecule has 4 fully saturated rings. The van der Waals surface area contributed by atoms with E-state index in [-0.39, 0.29) is 5.41 Å². The first-order valence-electron chi connectivity index (χ1n) is 12.1. The minimum Gasteiger partial charge on any atom is -0.490 e. The van der Waals surface area contributed by atoms with Gasteiger partial charge in [0.15, 0.2) is 0 Å². The number of ether oxygens (including phenoxy) is 1. The molecular weight excluding hydrogens is 426 g/mol. The van der Waals surface area contributed by atoms with Crippen molar-refractivity contribution in [2.75, 3.05) is 7.05 Å². The Hall–Kier alpha value is -0.870. The van der Waals surface area contributed by atoms with Crippen LogP contribution in [0, 0.1) is 34.5 Å². The molecule has 0 aromatic heterocycles. The summed E-state index contributed by atoms with van der Waals surface area (Å²) in [6, 6.07) is 8.61. The molecule has 1 heterocycles. The molecule has 4 aliphatic rings. The number of carbonyl (C=O) groups is 1. The highest BCUT2D eigenvalue weighted by molar-refractivity contribution is 8.21. The minimum absolute atomic E-state index is 0.273. The number of benzene rings is 1. The van der Waals surface area contributed by atoms with Crippen LogP contribution in [0.25, 0.3) is 0 Å². The first-order chi connectivity index (χ1) is 14.7. The van der Waals surface area contributed by atoms with Gasteiger partial charge in [0.2, 0.25) is 5.91 Å². The molecule has 5 heteroatoms. The van der Waals surface area contributed by atoms with Crippen molar-refractivity contribution < 1.29 is 9.53 Å². The van der Waals surface area contributed by atoms with Gasteiger partial charge in [-0.15, -0.1) is 0 Å². The summed E-state index contributed by atoms with van der Waals surface area (Å²) in [7, 11) is 9.16. The van der Waals surface area contributed by atoms with Gasteiger partial charge in [-0.3, -0.25) is 4.79 Å². The summed E-state index contributed by atoms with van der Waals surface area (Å²) in [4.78, 5) is 15.6. The van der Waals surface area contributed by atoms with E-state index in [0.717, 1.165) is 54.1 Å². The highest BCUT2D eigenvalue weighted by atomic mass is 35.7. The second-order valence-corrected chi connectivity index (χ2v) is 12.5. The largest absolute Gasteiger partial charge is 0.490 e. The average Bonchev–Trinajstić information content (AvgIpc) is 3.09. The Bertz CT molecular complexity index is 846. The van der Waals surface area contributed by atoms with E-state index < -0.39 is 0 Å². The van der Waals surface area contributed by atoms with Gasteiger partial charge in [-0.2, -0.15) is 0 Å². The van der Waals surface area contributed by atoms with Gasteiger partial charge < -0.3 is 9.64 Å². The van der Waals surface area contributed by atoms with E-state index in [0.29, 0.717) is 29.4 Å². The van der Waals surface area contributed by atoms with Crippen LogP contribution in [-0.2, 0) is 4.79 Å². The maximum Gasteiger partial charge on any atom is 0.222 e. The third-order valence-electron chi connectivity index (χ3n) is 9.88. The highest BCUT2D eigenvalue weighted by Crippen LogP contribution is 2.66. The van der Waals surface area contributed by atoms with Gasteiger partial charge in [0.25, 0.3) is 0 Å². The maximum absolute atomic E-state index is 12.4. The second kappa shape index (κ2) is 7.87. The minimum atomic E-state index is 0.273. The third kappa shape index (κ3) is 3.51. The number of likely N-dealkylation sites (tertiary alicyclic amines) is 1. The number of halogens is 1. The van der Waals surface area contributed by atoms with Crippen LogP contribution in [0.3, 0.4) is 0 Å². The number of nitrogens with zero attached hydrogens (tertiary/aromatic N) is 1. The zero-order chi connectivity index (χ0) is 22.0. The summed E-state index contributed by atoms with van der Waals surface area (Å²) in [5.74, 6) is 4.19. The summed E-state index contributed by atoms with van der Waals surface area (Å²) in [6.07, 6.45) is 8.21. The van der Waals surface area contributed by atoms with E-state index in [2.05, 4.69) is 44.9 Å². The molecule has 1 aliphatic heterocycles. The van der Waals surface area contributed by atoms with Gasteiger partial charge in [0.05, 0.1) is 6.10 Å². The summed E-state index contributed by atoms with van der Waals surface area (Å²) in [5.41, 5.74) is 0.654. The molecule has 3 saturated carbocycles. The molecular formula is C26H36ClNO2S. The van der Waals surface area contributed by atoms with Crippen molar-refractivity contribution in [1.82, 2.24) is 4.90 Å². The standard InChI is InChI=1S/C26H36ClNO2S/c1-16-13-22-26(3,12-10-23(29)28(22)4)20-9-11-25(2)15-18(14-21(25)24(16)20)30-17-5-7-19(31-27)8-6-17/h5-8,16,18,20-22,24H,9-15H2,1-4H3/t16?,18?,20-,21+,22?,24-,25-,26-/m1/s1. The Kier molecular flexibility index (Phi) is 5.57. The molecule has 1 aromatic carbocycles. The molecule has 170 valence electrons. The van der Waals surface area contributed by atoms with Crippen molar-refractivity contribution >= 4 is 27.6 Å². The van der Waals surface area contributed by atoms with E-state index in [1.807, 2.05) is 12.1 Å². The Balaban J connectivity index is 1.37. The number of hydrogen-bond acceptors (Lipinski definition) is 3. The molecule has 3 aliphatic carbocycles. The quantitative estimate of drug-likeness (QED) is 0.496. The second-order valence-electron chi connectivity index (χ2n) is 11.5. The first kappa shape index (κ1) is 21.9. The van der Waals surface area contributed by atoms with E-state index in [1.54, 1.807) is 0 Å². The lowest BCUT2D eigenvalue weighted by Crippen LogP contribution is -2.62. The SMILES string of the molecule is CC1CC2N(C)C(=O)CC[C@]2(C)[C@@H]2CC[C@]3(C)CC(Oc4ccc(SCl)cc4)C[C@H]3[C@H]12. The van der Waals surface area contributed by atoms with E-state index in [1.165, 1.54) is 30.2 Å². The molecule has 3 nitrogen and oxygen atoms in total. The normalized spacial score (nSPS) is 44.4. The van der Waals surface area contributed by atoms with Crippen LogP contribution in [0.4, 0.5) is 0 Å². The van der Waals surface area contributed by atoms with Crippen LogP contribution in [0.5, 0.6) is 5.75 Å². The van der Waals surface area contributed by atoms with Crippen molar-refractivity contribution in [3.63, 3.8) is 0 Å². The fraction of sp³-hybridized carbons (Fsp3) is 0.731. The molecule has 0 radical (unpaired) electrons. The Morgan fingerprint density at radius 3 is 2.58 bits per heavy atom. The monoisotopic (exact) mass is 461 g/mol. The van der Waals surface area contributed by atoms with Crippen molar-refractivity contribution in [2.24, 2.45) is 34.5 Å². The lowest BCUT2D eigenvalue weighted by atomic mass is 9.45. The number of fused-ring (bicyclic) bond motifs is 5. The number of rotatable bonds is 3. The Morgan fingerprint density at radius 1 is 1.13 bits per heavy atom. The van der Waals surface area contributed by atoms with E-state index in [9.17, 15) is 4.79 Å². The van der Waals surface area contributed by atoms with Crippen LogP contribution in [0.1, 0.15) is 65.7 Å². The number of hydrogen-bond donors (Lipinski definition) is 0. The average molecular weight is 462 g/mol. The van der Waals surface area contributed by atoms with Crippen LogP contribution in [0.15, 0.2) is 29.2 Å². The van der Waals surface area contributed by atoms with Crippen molar-refractivity contribution in [1.29, 1.82) is 0 Å². The molecule has 0 spiro atoms. The fourth-order valence-corrected chi connectivity index (χ4v) is 8.86. The molecule has 0 N–H and O–H groups in total. The molecule has 0 bridgehead atoms. The van der Waals surface area contributed by atoms with Gasteiger partial charge in [-0.25, -0.2) is 0 Å². The summed E-state index contributed by atoms with van der Waals surface area (Å²) in [5, 5.41) is 0. The van der Waals surface area contributed by atoms with Gasteiger partial charge in [0.1, 0.15) is 5.75 Å². The predicted octanol–water partition coefficient (Wildman–Crippen LogP) is 6.79. The van der Waals surface area contributed by atoms with Gasteiger partial charge in [-0.05, 0) is 119 Å². The molecule has 3 unspecified atom stereocenters. The molecule has 1 amide bonds. The van der Waals surface area contributed by atoms with Gasteiger partial charge in [-0.1, -0.05) is 20.8 Å². The summed E-state index contributed by atoms with van der Waals surface area (Å²) < 4.78 is 6.50. The number of carbonyl (C=O) groups excluding carboxylic acids is 1. The highest BCUT2D eigenvalue weighted by Gasteiger charge is 2.62. The molecule has 1 aromatic rings. The molecule has 1 saturated heterocycles. The fourth-order valence-electron chi connectivity index (χ4n) is 8.31. The zero-order valence-corrected chi connectivity index (χ0v) is 20.8. The number of piperidine rings is 1. The van der Waals surface area contributed by atoms with Crippen molar-refractivity contribution in [3.8, 4) is 5.75 Å². The molecule has 8 atom stereocenters. The zero-order valence-electron chi connectivity index (χ0n) is 19.3. The smallest absolute Gasteiger partial charge is 0.222 e. The van der Waals surface area contributed by atoms with E-state index >= 15 is 0 Å². The Morgan fingerprint density at radius 2 is 1.87 bits per heavy atom.